The van der Waals surface area contributed by atoms with Crippen molar-refractivity contribution in [2.24, 2.45) is 5.84 Å². The molecule has 1 amide bonds. The number of nitrogen functional groups attached to an aromatic ring is 1. The van der Waals surface area contributed by atoms with Gasteiger partial charge in [0.1, 0.15) is 0 Å². The average Bonchev–Trinajstić information content (AvgIpc) is 2.46. The van der Waals surface area contributed by atoms with E-state index in [1.807, 2.05) is 11.5 Å². The molecule has 2 rings (SSSR count). The van der Waals surface area contributed by atoms with Gasteiger partial charge in [0.2, 0.25) is 0 Å². The number of benzene rings is 2. The first-order valence-corrected chi connectivity index (χ1v) is 5.43. The summed E-state index contributed by atoms with van der Waals surface area (Å²) in [5, 5.41) is 0. The third kappa shape index (κ3) is 2.28. The van der Waals surface area contributed by atoms with Crippen LogP contribution in [0.5, 0.6) is 0 Å². The van der Waals surface area contributed by atoms with E-state index in [1.165, 1.54) is 0 Å². The molecule has 0 unspecified atom stereocenters. The lowest BCUT2D eigenvalue weighted by atomic mass is 9.98. The summed E-state index contributed by atoms with van der Waals surface area (Å²) in [6.07, 6.45) is 0. The summed E-state index contributed by atoms with van der Waals surface area (Å²) < 4.78 is 0. The van der Waals surface area contributed by atoms with Gasteiger partial charge in [-0.1, -0.05) is 48.5 Å². The Balaban J connectivity index is 2.46. The second-order valence-electron chi connectivity index (χ2n) is 3.71. The van der Waals surface area contributed by atoms with Gasteiger partial charge < -0.3 is 0 Å². The number of amides is 1. The standard InChI is InChI=1S/C14H12N2O2/c15-16-14(18)12-9-5-4-8-11(12)13(17)10-6-2-1-3-7-10/h1-9H,15H2,(H,16,18). The molecule has 0 fully saturated rings. The van der Waals surface area contributed by atoms with E-state index < -0.39 is 5.91 Å². The summed E-state index contributed by atoms with van der Waals surface area (Å²) >= 11 is 0. The van der Waals surface area contributed by atoms with Gasteiger partial charge in [0.15, 0.2) is 5.78 Å². The molecule has 0 aliphatic heterocycles. The minimum Gasteiger partial charge on any atom is -0.290 e. The molecule has 0 aliphatic rings. The van der Waals surface area contributed by atoms with E-state index in [9.17, 15) is 9.59 Å². The molecular formula is C14H12N2O2. The highest BCUT2D eigenvalue weighted by atomic mass is 16.2. The largest absolute Gasteiger partial charge is 0.290 e. The lowest BCUT2D eigenvalue weighted by Gasteiger charge is -2.07. The molecule has 0 saturated heterocycles. The zero-order chi connectivity index (χ0) is 13.0. The Labute approximate surface area is 104 Å². The van der Waals surface area contributed by atoms with Crippen molar-refractivity contribution >= 4 is 11.7 Å². The quantitative estimate of drug-likeness (QED) is 0.370. The number of nitrogens with two attached hydrogens (primary N) is 1. The van der Waals surface area contributed by atoms with Gasteiger partial charge in [-0.15, -0.1) is 0 Å². The summed E-state index contributed by atoms with van der Waals surface area (Å²) in [6, 6.07) is 15.4. The second-order valence-corrected chi connectivity index (χ2v) is 3.71. The van der Waals surface area contributed by atoms with Crippen molar-refractivity contribution in [1.29, 1.82) is 0 Å². The summed E-state index contributed by atoms with van der Waals surface area (Å²) in [6.45, 7) is 0. The van der Waals surface area contributed by atoms with Crippen LogP contribution in [0, 0.1) is 0 Å². The van der Waals surface area contributed by atoms with Gasteiger partial charge in [0, 0.05) is 11.1 Å². The monoisotopic (exact) mass is 240 g/mol. The first kappa shape index (κ1) is 12.0. The smallest absolute Gasteiger partial charge is 0.265 e. The molecule has 90 valence electrons. The number of nitrogens with one attached hydrogen (secondary N) is 1. The number of carbonyl (C=O) groups is 2. The Morgan fingerprint density at radius 1 is 0.833 bits per heavy atom. The Bertz CT molecular complexity index is 579. The Morgan fingerprint density at radius 2 is 1.39 bits per heavy atom. The lowest BCUT2D eigenvalue weighted by molar-refractivity contribution is 0.0942. The number of hydrogen-bond acceptors (Lipinski definition) is 3. The maximum absolute atomic E-state index is 12.3. The topological polar surface area (TPSA) is 72.2 Å². The highest BCUT2D eigenvalue weighted by molar-refractivity contribution is 6.15. The van der Waals surface area contributed by atoms with Gasteiger partial charge in [0.25, 0.3) is 5.91 Å². The van der Waals surface area contributed by atoms with Crippen molar-refractivity contribution in [2.75, 3.05) is 0 Å². The van der Waals surface area contributed by atoms with Gasteiger partial charge in [0.05, 0.1) is 5.56 Å². The average molecular weight is 240 g/mol. The molecule has 0 aliphatic carbocycles. The predicted molar refractivity (Wildman–Crippen MR) is 68.0 cm³/mol. The maximum atomic E-state index is 12.3. The van der Waals surface area contributed by atoms with E-state index in [-0.39, 0.29) is 11.3 Å². The van der Waals surface area contributed by atoms with Gasteiger partial charge in [-0.2, -0.15) is 0 Å². The van der Waals surface area contributed by atoms with Crippen molar-refractivity contribution in [3.05, 3.63) is 71.3 Å². The van der Waals surface area contributed by atoms with Crippen LogP contribution in [-0.4, -0.2) is 11.7 Å². The highest BCUT2D eigenvalue weighted by Gasteiger charge is 2.16. The van der Waals surface area contributed by atoms with Crippen LogP contribution in [-0.2, 0) is 0 Å². The van der Waals surface area contributed by atoms with Crippen LogP contribution in [0.4, 0.5) is 0 Å². The summed E-state index contributed by atoms with van der Waals surface area (Å²) in [5.74, 6) is 4.42. The Morgan fingerprint density at radius 3 is 2.00 bits per heavy atom. The summed E-state index contributed by atoms with van der Waals surface area (Å²) in [4.78, 5) is 23.8. The molecule has 0 saturated carbocycles. The van der Waals surface area contributed by atoms with E-state index in [1.54, 1.807) is 48.5 Å². The first-order chi connectivity index (χ1) is 8.74. The first-order valence-electron chi connectivity index (χ1n) is 5.43. The molecule has 3 N–H and O–H groups in total. The fourth-order valence-corrected chi connectivity index (χ4v) is 1.70. The molecule has 18 heavy (non-hydrogen) atoms. The van der Waals surface area contributed by atoms with Crippen molar-refractivity contribution in [2.45, 2.75) is 0 Å². The number of hydrogen-bond donors (Lipinski definition) is 2. The molecule has 4 nitrogen and oxygen atoms in total. The lowest BCUT2D eigenvalue weighted by Crippen LogP contribution is -2.31. The molecule has 0 aromatic heterocycles. The SMILES string of the molecule is NNC(=O)c1ccccc1C(=O)c1ccccc1. The van der Waals surface area contributed by atoms with Crippen molar-refractivity contribution in [3.8, 4) is 0 Å². The zero-order valence-electron chi connectivity index (χ0n) is 9.59. The van der Waals surface area contributed by atoms with E-state index in [4.69, 9.17) is 5.84 Å². The number of carbonyl (C=O) groups excluding carboxylic acids is 2. The van der Waals surface area contributed by atoms with Gasteiger partial charge in [-0.05, 0) is 6.07 Å². The van der Waals surface area contributed by atoms with Crippen LogP contribution in [0.15, 0.2) is 54.6 Å². The molecule has 2 aromatic carbocycles. The van der Waals surface area contributed by atoms with Crippen LogP contribution in [0.3, 0.4) is 0 Å². The van der Waals surface area contributed by atoms with Crippen LogP contribution >= 0.6 is 0 Å². The normalized spacial score (nSPS) is 9.83. The van der Waals surface area contributed by atoms with Crippen LogP contribution in [0.25, 0.3) is 0 Å². The van der Waals surface area contributed by atoms with E-state index in [0.29, 0.717) is 11.1 Å². The van der Waals surface area contributed by atoms with Gasteiger partial charge in [-0.3, -0.25) is 15.0 Å². The molecule has 2 aromatic rings. The fourth-order valence-electron chi connectivity index (χ4n) is 1.70. The van der Waals surface area contributed by atoms with Crippen LogP contribution in [0.1, 0.15) is 26.3 Å². The summed E-state index contributed by atoms with van der Waals surface area (Å²) in [5.41, 5.74) is 3.19. The molecule has 0 spiro atoms. The number of ketones is 1. The van der Waals surface area contributed by atoms with E-state index in [2.05, 4.69) is 0 Å². The van der Waals surface area contributed by atoms with Crippen LogP contribution < -0.4 is 11.3 Å². The molecule has 0 bridgehead atoms. The van der Waals surface area contributed by atoms with Crippen molar-refractivity contribution < 1.29 is 9.59 Å². The van der Waals surface area contributed by atoms with Crippen LogP contribution in [0.2, 0.25) is 0 Å². The molecule has 0 radical (unpaired) electrons. The minimum atomic E-state index is -0.477. The minimum absolute atomic E-state index is 0.199. The maximum Gasteiger partial charge on any atom is 0.265 e. The van der Waals surface area contributed by atoms with Gasteiger partial charge in [-0.25, -0.2) is 5.84 Å². The summed E-state index contributed by atoms with van der Waals surface area (Å²) in [7, 11) is 0. The number of hydrazine groups is 1. The third-order valence-electron chi connectivity index (χ3n) is 2.58. The molecule has 0 heterocycles. The highest BCUT2D eigenvalue weighted by Crippen LogP contribution is 2.14. The van der Waals surface area contributed by atoms with Crippen molar-refractivity contribution in [3.63, 3.8) is 0 Å². The van der Waals surface area contributed by atoms with Gasteiger partial charge >= 0.3 is 0 Å². The third-order valence-corrected chi connectivity index (χ3v) is 2.58. The molecule has 4 heteroatoms. The zero-order valence-corrected chi connectivity index (χ0v) is 9.59. The van der Waals surface area contributed by atoms with E-state index in [0.717, 1.165) is 0 Å². The Hall–Kier alpha value is -2.46. The molecule has 0 atom stereocenters. The Kier molecular flexibility index (Phi) is 3.50. The molecular weight excluding hydrogens is 228 g/mol. The predicted octanol–water partition coefficient (Wildman–Crippen LogP) is 1.52. The number of rotatable bonds is 3. The van der Waals surface area contributed by atoms with E-state index >= 15 is 0 Å². The fraction of sp³-hybridized carbons (Fsp3) is 0. The second kappa shape index (κ2) is 5.25. The van der Waals surface area contributed by atoms with Crippen molar-refractivity contribution in [1.82, 2.24) is 5.43 Å².